The molecule has 1 atom stereocenters. The van der Waals surface area contributed by atoms with Gasteiger partial charge in [-0.1, -0.05) is 0 Å². The summed E-state index contributed by atoms with van der Waals surface area (Å²) in [6.45, 7) is 8.15. The monoisotopic (exact) mass is 280 g/mol. The zero-order valence-corrected chi connectivity index (χ0v) is 12.8. The van der Waals surface area contributed by atoms with Gasteiger partial charge in [0.1, 0.15) is 0 Å². The van der Waals surface area contributed by atoms with Crippen molar-refractivity contribution < 1.29 is 4.74 Å². The number of hydrogen-bond donors (Lipinski definition) is 1. The van der Waals surface area contributed by atoms with Crippen LogP contribution in [-0.2, 0) is 17.7 Å². The Hall–Kier alpha value is -0.420. The van der Waals surface area contributed by atoms with Gasteiger partial charge in [-0.15, -0.1) is 11.3 Å². The topological polar surface area (TPSA) is 38.5 Å². The van der Waals surface area contributed by atoms with Gasteiger partial charge in [-0.3, -0.25) is 4.90 Å². The van der Waals surface area contributed by atoms with Crippen molar-refractivity contribution >= 4 is 11.3 Å². The molecule has 1 saturated heterocycles. The second kappa shape index (κ2) is 4.85. The number of nitrogens with zero attached hydrogens (tertiary/aromatic N) is 1. The Morgan fingerprint density at radius 3 is 3.05 bits per heavy atom. The zero-order valence-electron chi connectivity index (χ0n) is 11.9. The summed E-state index contributed by atoms with van der Waals surface area (Å²) in [5.74, 6) is 0. The van der Waals surface area contributed by atoms with Gasteiger partial charge >= 0.3 is 0 Å². The number of ether oxygens (including phenoxy) is 1. The van der Waals surface area contributed by atoms with E-state index in [2.05, 4.69) is 30.2 Å². The van der Waals surface area contributed by atoms with Gasteiger partial charge in [-0.05, 0) is 50.1 Å². The molecule has 0 amide bonds. The highest BCUT2D eigenvalue weighted by molar-refractivity contribution is 7.10. The van der Waals surface area contributed by atoms with E-state index < -0.39 is 0 Å². The number of rotatable bonds is 2. The molecule has 0 spiro atoms. The largest absolute Gasteiger partial charge is 0.375 e. The molecule has 1 aromatic heterocycles. The second-order valence-electron chi connectivity index (χ2n) is 6.50. The lowest BCUT2D eigenvalue weighted by Gasteiger charge is -2.51. The SMILES string of the molecule is CC1(C)CC(CN)(N2CCc3sccc3C2)CCO1. The van der Waals surface area contributed by atoms with Crippen LogP contribution in [0.25, 0.3) is 0 Å². The fourth-order valence-electron chi connectivity index (χ4n) is 3.68. The van der Waals surface area contributed by atoms with Crippen LogP contribution in [-0.4, -0.2) is 35.7 Å². The summed E-state index contributed by atoms with van der Waals surface area (Å²) < 4.78 is 5.89. The van der Waals surface area contributed by atoms with E-state index in [1.165, 1.54) is 12.0 Å². The maximum Gasteiger partial charge on any atom is 0.0644 e. The van der Waals surface area contributed by atoms with Crippen LogP contribution >= 0.6 is 11.3 Å². The summed E-state index contributed by atoms with van der Waals surface area (Å²) >= 11 is 1.90. The van der Waals surface area contributed by atoms with Crippen LogP contribution in [0.3, 0.4) is 0 Å². The van der Waals surface area contributed by atoms with Crippen molar-refractivity contribution in [3.63, 3.8) is 0 Å². The molecular formula is C15H24N2OS. The Morgan fingerprint density at radius 1 is 1.47 bits per heavy atom. The summed E-state index contributed by atoms with van der Waals surface area (Å²) in [6, 6.07) is 2.28. The molecule has 1 aromatic rings. The van der Waals surface area contributed by atoms with Crippen molar-refractivity contribution in [3.8, 4) is 0 Å². The minimum Gasteiger partial charge on any atom is -0.375 e. The van der Waals surface area contributed by atoms with Crippen LogP contribution in [0.15, 0.2) is 11.4 Å². The molecule has 1 fully saturated rings. The maximum absolute atomic E-state index is 6.19. The molecule has 106 valence electrons. The smallest absolute Gasteiger partial charge is 0.0644 e. The van der Waals surface area contributed by atoms with E-state index in [0.29, 0.717) is 0 Å². The Balaban J connectivity index is 1.83. The van der Waals surface area contributed by atoms with E-state index >= 15 is 0 Å². The first-order valence-electron chi connectivity index (χ1n) is 7.19. The van der Waals surface area contributed by atoms with Crippen molar-refractivity contribution in [1.29, 1.82) is 0 Å². The van der Waals surface area contributed by atoms with E-state index in [-0.39, 0.29) is 11.1 Å². The van der Waals surface area contributed by atoms with E-state index in [9.17, 15) is 0 Å². The molecule has 2 aliphatic heterocycles. The van der Waals surface area contributed by atoms with Gasteiger partial charge in [0.05, 0.1) is 5.60 Å². The lowest BCUT2D eigenvalue weighted by Crippen LogP contribution is -2.61. The van der Waals surface area contributed by atoms with Crippen LogP contribution in [0, 0.1) is 0 Å². The van der Waals surface area contributed by atoms with Crippen molar-refractivity contribution in [2.24, 2.45) is 5.73 Å². The van der Waals surface area contributed by atoms with Gasteiger partial charge in [0, 0.05) is 36.7 Å². The van der Waals surface area contributed by atoms with Crippen molar-refractivity contribution in [2.45, 2.75) is 50.8 Å². The highest BCUT2D eigenvalue weighted by Gasteiger charge is 2.44. The molecule has 19 heavy (non-hydrogen) atoms. The highest BCUT2D eigenvalue weighted by atomic mass is 32.1. The summed E-state index contributed by atoms with van der Waals surface area (Å²) in [6.07, 6.45) is 3.28. The van der Waals surface area contributed by atoms with Gasteiger partial charge in [0.15, 0.2) is 0 Å². The average molecular weight is 280 g/mol. The molecule has 3 heterocycles. The summed E-state index contributed by atoms with van der Waals surface area (Å²) in [4.78, 5) is 4.18. The minimum absolute atomic E-state index is 0.0491. The lowest BCUT2D eigenvalue weighted by atomic mass is 9.79. The predicted molar refractivity (Wildman–Crippen MR) is 79.5 cm³/mol. The normalized spacial score (nSPS) is 31.1. The van der Waals surface area contributed by atoms with Gasteiger partial charge in [0.2, 0.25) is 0 Å². The molecule has 2 N–H and O–H groups in total. The first-order valence-corrected chi connectivity index (χ1v) is 8.07. The maximum atomic E-state index is 6.19. The molecule has 3 nitrogen and oxygen atoms in total. The van der Waals surface area contributed by atoms with Crippen LogP contribution in [0.5, 0.6) is 0 Å². The molecule has 3 rings (SSSR count). The zero-order chi connectivity index (χ0) is 13.5. The molecule has 0 aliphatic carbocycles. The fourth-order valence-corrected chi connectivity index (χ4v) is 4.57. The number of thiophene rings is 1. The van der Waals surface area contributed by atoms with Crippen molar-refractivity contribution in [1.82, 2.24) is 4.90 Å². The number of fused-ring (bicyclic) bond motifs is 1. The average Bonchev–Trinajstić information content (AvgIpc) is 2.84. The van der Waals surface area contributed by atoms with Crippen molar-refractivity contribution in [2.75, 3.05) is 19.7 Å². The second-order valence-corrected chi connectivity index (χ2v) is 7.50. The third-order valence-corrected chi connectivity index (χ3v) is 5.70. The quantitative estimate of drug-likeness (QED) is 0.904. The standard InChI is InChI=1S/C15H24N2OS/c1-14(2)10-15(11-16,5-7-18-14)17-6-3-13-12(9-17)4-8-19-13/h4,8H,3,5-7,9-11,16H2,1-2H3. The summed E-state index contributed by atoms with van der Waals surface area (Å²) in [5.41, 5.74) is 7.78. The Kier molecular flexibility index (Phi) is 3.46. The first kappa shape index (κ1) is 13.6. The van der Waals surface area contributed by atoms with E-state index in [1.807, 2.05) is 11.3 Å². The first-order chi connectivity index (χ1) is 9.05. The van der Waals surface area contributed by atoms with E-state index in [1.54, 1.807) is 4.88 Å². The van der Waals surface area contributed by atoms with Gasteiger partial charge < -0.3 is 10.5 Å². The number of hydrogen-bond acceptors (Lipinski definition) is 4. The van der Waals surface area contributed by atoms with Crippen LogP contribution in [0.4, 0.5) is 0 Å². The molecular weight excluding hydrogens is 256 g/mol. The van der Waals surface area contributed by atoms with Crippen LogP contribution in [0.2, 0.25) is 0 Å². The van der Waals surface area contributed by atoms with E-state index in [0.717, 1.165) is 39.1 Å². The minimum atomic E-state index is -0.0491. The van der Waals surface area contributed by atoms with Crippen LogP contribution in [0.1, 0.15) is 37.1 Å². The third-order valence-electron chi connectivity index (χ3n) is 4.67. The van der Waals surface area contributed by atoms with Gasteiger partial charge in [-0.2, -0.15) is 0 Å². The highest BCUT2D eigenvalue weighted by Crippen LogP contribution is 2.38. The molecule has 0 bridgehead atoms. The summed E-state index contributed by atoms with van der Waals surface area (Å²) in [7, 11) is 0. The van der Waals surface area contributed by atoms with E-state index in [4.69, 9.17) is 10.5 Å². The Bertz CT molecular complexity index is 457. The molecule has 1 unspecified atom stereocenters. The molecule has 0 aromatic carbocycles. The molecule has 0 saturated carbocycles. The third kappa shape index (κ3) is 2.47. The lowest BCUT2D eigenvalue weighted by molar-refractivity contribution is -0.121. The molecule has 4 heteroatoms. The van der Waals surface area contributed by atoms with Crippen LogP contribution < -0.4 is 5.73 Å². The Labute approximate surface area is 119 Å². The van der Waals surface area contributed by atoms with Gasteiger partial charge in [-0.25, -0.2) is 0 Å². The Morgan fingerprint density at radius 2 is 2.32 bits per heavy atom. The van der Waals surface area contributed by atoms with Crippen molar-refractivity contribution in [3.05, 3.63) is 21.9 Å². The fraction of sp³-hybridized carbons (Fsp3) is 0.733. The van der Waals surface area contributed by atoms with Gasteiger partial charge in [0.25, 0.3) is 0 Å². The summed E-state index contributed by atoms with van der Waals surface area (Å²) in [5, 5.41) is 2.22. The number of nitrogens with two attached hydrogens (primary N) is 1. The predicted octanol–water partition coefficient (Wildman–Crippen LogP) is 2.39. The molecule has 2 aliphatic rings. The molecule has 0 radical (unpaired) electrons.